The van der Waals surface area contributed by atoms with Crippen molar-refractivity contribution in [2.75, 3.05) is 25.1 Å². The Balaban J connectivity index is 2.13. The number of hydrogen-bond donors (Lipinski definition) is 0. The molecule has 21 heavy (non-hydrogen) atoms. The summed E-state index contributed by atoms with van der Waals surface area (Å²) >= 11 is 0. The third kappa shape index (κ3) is 3.04. The van der Waals surface area contributed by atoms with Gasteiger partial charge < -0.3 is 9.64 Å². The summed E-state index contributed by atoms with van der Waals surface area (Å²) in [5.41, 5.74) is 4.19. The van der Waals surface area contributed by atoms with Crippen LogP contribution in [0.4, 0.5) is 5.69 Å². The Morgan fingerprint density at radius 2 is 2.24 bits per heavy atom. The van der Waals surface area contributed by atoms with Gasteiger partial charge in [-0.1, -0.05) is 22.0 Å². The average molecular weight is 290 g/mol. The van der Waals surface area contributed by atoms with Crippen LogP contribution in [-0.4, -0.2) is 31.3 Å². The smallest absolute Gasteiger partial charge is 0.333 e. The lowest BCUT2D eigenvalue weighted by Gasteiger charge is -2.18. The number of likely N-dealkylation sites (N-methyl/N-ethyl adjacent to an activating group) is 1. The number of anilines is 1. The summed E-state index contributed by atoms with van der Waals surface area (Å²) < 4.78 is 12.0. The molecule has 0 atom stereocenters. The average Bonchev–Trinajstić information content (AvgIpc) is 2.82. The fourth-order valence-electron chi connectivity index (χ4n) is 2.13. The minimum absolute atomic E-state index is 0.293. The van der Waals surface area contributed by atoms with Gasteiger partial charge in [0.15, 0.2) is 5.16 Å². The van der Waals surface area contributed by atoms with Crippen molar-refractivity contribution in [3.05, 3.63) is 29.8 Å². The fourth-order valence-corrected chi connectivity index (χ4v) is 2.13. The summed E-state index contributed by atoms with van der Waals surface area (Å²) in [5, 5.41) is 4.10. The van der Waals surface area contributed by atoms with E-state index in [2.05, 4.69) is 11.7 Å². The van der Waals surface area contributed by atoms with Gasteiger partial charge >= 0.3 is 5.97 Å². The van der Waals surface area contributed by atoms with Gasteiger partial charge in [0.1, 0.15) is 13.7 Å². The third-order valence-electron chi connectivity index (χ3n) is 3.32. The molecule has 0 radical (unpaired) electrons. The molecule has 112 valence electrons. The highest BCUT2D eigenvalue weighted by Gasteiger charge is 2.21. The second-order valence-corrected chi connectivity index (χ2v) is 5.11. The third-order valence-corrected chi connectivity index (χ3v) is 3.32. The van der Waals surface area contributed by atoms with E-state index in [-0.39, 0.29) is 5.97 Å². The van der Waals surface area contributed by atoms with E-state index in [1.807, 2.05) is 38.1 Å². The number of rotatable bonds is 5. The molecule has 0 aliphatic heterocycles. The summed E-state index contributed by atoms with van der Waals surface area (Å²) in [7, 11) is 3.74. The summed E-state index contributed by atoms with van der Waals surface area (Å²) in [4.78, 5) is 13.3. The predicted octanol–water partition coefficient (Wildman–Crippen LogP) is 1.52. The van der Waals surface area contributed by atoms with Crippen molar-refractivity contribution >= 4 is 22.7 Å². The largest absolute Gasteiger partial charge is 0.460 e. The minimum atomic E-state index is -0.370. The number of ether oxygens (including phenoxy) is 1. The van der Waals surface area contributed by atoms with Crippen LogP contribution in [-0.2, 0) is 16.6 Å². The van der Waals surface area contributed by atoms with Crippen LogP contribution in [0.25, 0.3) is 11.0 Å². The van der Waals surface area contributed by atoms with Gasteiger partial charge in [0.2, 0.25) is 5.52 Å². The van der Waals surface area contributed by atoms with Crippen LogP contribution in [0.5, 0.6) is 0 Å². The number of aromatic nitrogens is 2. The molecule has 0 saturated carbocycles. The van der Waals surface area contributed by atoms with Gasteiger partial charge in [-0.15, -0.1) is 0 Å². The fraction of sp³-hybridized carbons (Fsp3) is 0.400. The summed E-state index contributed by atoms with van der Waals surface area (Å²) in [5.74, 6) is -0.370. The zero-order valence-electron chi connectivity index (χ0n) is 12.8. The first-order valence-electron chi connectivity index (χ1n) is 6.71. The standard InChI is InChI=1S/C15H20N3O3/c1-10(2)15(19)20-9-8-17(4)12-7-6-11(3)14-13(12)16-21-18(14)5/h6-7H,1,8-9H2,2-5H3/q+1. The number of aryl methyl sites for hydroxylation is 2. The molecule has 0 saturated heterocycles. The molecule has 0 fully saturated rings. The van der Waals surface area contributed by atoms with Gasteiger partial charge in [0.25, 0.3) is 5.52 Å². The van der Waals surface area contributed by atoms with Gasteiger partial charge in [-0.2, -0.15) is 0 Å². The normalized spacial score (nSPS) is 10.7. The molecule has 1 heterocycles. The van der Waals surface area contributed by atoms with Crippen LogP contribution in [0.2, 0.25) is 0 Å². The van der Waals surface area contributed by atoms with Crippen LogP contribution >= 0.6 is 0 Å². The highest BCUT2D eigenvalue weighted by atomic mass is 16.6. The molecule has 2 aromatic rings. The van der Waals surface area contributed by atoms with Crippen molar-refractivity contribution < 1.29 is 18.9 Å². The lowest BCUT2D eigenvalue weighted by Crippen LogP contribution is -2.27. The Morgan fingerprint density at radius 1 is 1.52 bits per heavy atom. The Labute approximate surface area is 123 Å². The second-order valence-electron chi connectivity index (χ2n) is 5.11. The van der Waals surface area contributed by atoms with Crippen molar-refractivity contribution in [2.24, 2.45) is 7.05 Å². The molecule has 0 bridgehead atoms. The number of nitrogens with zero attached hydrogens (tertiary/aromatic N) is 3. The van der Waals surface area contributed by atoms with Crippen molar-refractivity contribution in [3.63, 3.8) is 0 Å². The van der Waals surface area contributed by atoms with E-state index in [1.54, 1.807) is 11.7 Å². The van der Waals surface area contributed by atoms with Crippen molar-refractivity contribution in [3.8, 4) is 0 Å². The van der Waals surface area contributed by atoms with E-state index >= 15 is 0 Å². The van der Waals surface area contributed by atoms with Gasteiger partial charge in [-0.05, 0) is 19.9 Å². The predicted molar refractivity (Wildman–Crippen MR) is 79.0 cm³/mol. The maximum atomic E-state index is 11.4. The summed E-state index contributed by atoms with van der Waals surface area (Å²) in [6, 6.07) is 4.01. The molecular formula is C15H20N3O3+. The molecule has 0 aliphatic carbocycles. The highest BCUT2D eigenvalue weighted by Crippen LogP contribution is 2.24. The van der Waals surface area contributed by atoms with Crippen molar-refractivity contribution in [1.29, 1.82) is 0 Å². The van der Waals surface area contributed by atoms with Crippen LogP contribution in [0.1, 0.15) is 12.5 Å². The molecule has 2 rings (SSSR count). The quantitative estimate of drug-likeness (QED) is 0.474. The molecular weight excluding hydrogens is 270 g/mol. The van der Waals surface area contributed by atoms with E-state index in [1.165, 1.54) is 0 Å². The molecule has 6 nitrogen and oxygen atoms in total. The van der Waals surface area contributed by atoms with Gasteiger partial charge in [-0.3, -0.25) is 0 Å². The molecule has 0 spiro atoms. The van der Waals surface area contributed by atoms with Gasteiger partial charge in [0.05, 0.1) is 12.2 Å². The first kappa shape index (κ1) is 15.0. The number of benzene rings is 1. The SMILES string of the molecule is C=C(C)C(=O)OCCN(C)c1ccc(C)c2c1no[n+]2C. The molecule has 1 aromatic carbocycles. The van der Waals surface area contributed by atoms with Gasteiger partial charge in [0, 0.05) is 18.2 Å². The van der Waals surface area contributed by atoms with Crippen LogP contribution < -0.4 is 9.64 Å². The van der Waals surface area contributed by atoms with Crippen LogP contribution in [0.15, 0.2) is 28.9 Å². The monoisotopic (exact) mass is 290 g/mol. The van der Waals surface area contributed by atoms with E-state index < -0.39 is 0 Å². The Morgan fingerprint density at radius 3 is 2.90 bits per heavy atom. The highest BCUT2D eigenvalue weighted by molar-refractivity contribution is 5.88. The number of hydrogen-bond acceptors (Lipinski definition) is 5. The Bertz CT molecular complexity index is 691. The number of carbonyl (C=O) groups excluding carboxylic acids is 1. The summed E-state index contributed by atoms with van der Waals surface area (Å²) in [6.45, 7) is 8.05. The van der Waals surface area contributed by atoms with E-state index in [0.717, 1.165) is 22.3 Å². The zero-order valence-corrected chi connectivity index (χ0v) is 12.8. The number of fused-ring (bicyclic) bond motifs is 1. The number of esters is 1. The van der Waals surface area contributed by atoms with E-state index in [4.69, 9.17) is 9.37 Å². The molecule has 0 N–H and O–H groups in total. The molecule has 0 unspecified atom stereocenters. The van der Waals surface area contributed by atoms with E-state index in [0.29, 0.717) is 18.7 Å². The number of carbonyl (C=O) groups is 1. The van der Waals surface area contributed by atoms with E-state index in [9.17, 15) is 4.79 Å². The zero-order chi connectivity index (χ0) is 15.6. The topological polar surface area (TPSA) is 59.5 Å². The van der Waals surface area contributed by atoms with Crippen LogP contribution in [0.3, 0.4) is 0 Å². The minimum Gasteiger partial charge on any atom is -0.460 e. The molecule has 6 heteroatoms. The maximum absolute atomic E-state index is 11.4. The van der Waals surface area contributed by atoms with Gasteiger partial charge in [-0.25, -0.2) is 4.79 Å². The first-order valence-corrected chi connectivity index (χ1v) is 6.71. The molecule has 0 amide bonds. The van der Waals surface area contributed by atoms with Crippen molar-refractivity contribution in [2.45, 2.75) is 13.8 Å². The Kier molecular flexibility index (Phi) is 4.26. The molecule has 1 aromatic heterocycles. The second kappa shape index (κ2) is 5.95. The summed E-state index contributed by atoms with van der Waals surface area (Å²) in [6.07, 6.45) is 0. The lowest BCUT2D eigenvalue weighted by molar-refractivity contribution is -0.834. The van der Waals surface area contributed by atoms with Crippen LogP contribution in [0, 0.1) is 6.92 Å². The lowest BCUT2D eigenvalue weighted by atomic mass is 10.1. The maximum Gasteiger partial charge on any atom is 0.333 e. The molecule has 0 aliphatic rings. The Hall–Kier alpha value is -2.37. The van der Waals surface area contributed by atoms with Crippen molar-refractivity contribution in [1.82, 2.24) is 5.16 Å². The first-order chi connectivity index (χ1) is 9.91.